The van der Waals surface area contributed by atoms with E-state index in [1.54, 1.807) is 0 Å². The lowest BCUT2D eigenvalue weighted by atomic mass is 9.75. The van der Waals surface area contributed by atoms with E-state index < -0.39 is 0 Å². The van der Waals surface area contributed by atoms with Crippen LogP contribution in [-0.4, -0.2) is 37.1 Å². The summed E-state index contributed by atoms with van der Waals surface area (Å²) < 4.78 is 0. The molecule has 2 heteroatoms. The van der Waals surface area contributed by atoms with Crippen molar-refractivity contribution < 1.29 is 0 Å². The third-order valence-corrected chi connectivity index (χ3v) is 5.05. The summed E-state index contributed by atoms with van der Waals surface area (Å²) in [5.74, 6) is 0.929. The zero-order valence-corrected chi connectivity index (χ0v) is 12.7. The topological polar surface area (TPSA) is 15.3 Å². The van der Waals surface area contributed by atoms with Crippen LogP contribution in [0.2, 0.25) is 0 Å². The van der Waals surface area contributed by atoms with E-state index in [0.29, 0.717) is 5.41 Å². The molecule has 0 amide bonds. The van der Waals surface area contributed by atoms with Crippen molar-refractivity contribution >= 4 is 0 Å². The van der Waals surface area contributed by atoms with Crippen molar-refractivity contribution in [2.75, 3.05) is 26.2 Å². The van der Waals surface area contributed by atoms with Crippen LogP contribution in [0.4, 0.5) is 0 Å². The minimum absolute atomic E-state index is 0.571. The molecule has 1 saturated heterocycles. The van der Waals surface area contributed by atoms with Gasteiger partial charge in [-0.2, -0.15) is 0 Å². The summed E-state index contributed by atoms with van der Waals surface area (Å²) in [4.78, 5) is 2.58. The Balaban J connectivity index is 1.66. The van der Waals surface area contributed by atoms with Crippen LogP contribution in [0.15, 0.2) is 0 Å². The molecule has 2 fully saturated rings. The number of likely N-dealkylation sites (tertiary alicyclic amines) is 1. The molecule has 18 heavy (non-hydrogen) atoms. The zero-order valence-electron chi connectivity index (χ0n) is 12.7. The van der Waals surface area contributed by atoms with Crippen molar-refractivity contribution in [2.45, 2.75) is 65.3 Å². The number of rotatable bonds is 4. The third-order valence-electron chi connectivity index (χ3n) is 5.05. The molecule has 0 spiro atoms. The number of hydrogen-bond acceptors (Lipinski definition) is 2. The lowest BCUT2D eigenvalue weighted by Crippen LogP contribution is -2.42. The molecule has 2 nitrogen and oxygen atoms in total. The van der Waals surface area contributed by atoms with Crippen molar-refractivity contribution in [3.05, 3.63) is 0 Å². The fraction of sp³-hybridized carbons (Fsp3) is 1.00. The van der Waals surface area contributed by atoms with Gasteiger partial charge in [0.25, 0.3) is 0 Å². The first-order valence-electron chi connectivity index (χ1n) is 8.05. The van der Waals surface area contributed by atoms with E-state index in [1.165, 1.54) is 64.7 Å². The van der Waals surface area contributed by atoms with Gasteiger partial charge in [0.15, 0.2) is 0 Å². The zero-order chi connectivity index (χ0) is 13.0. The van der Waals surface area contributed by atoms with Gasteiger partial charge in [0.05, 0.1) is 0 Å². The molecule has 1 aliphatic heterocycles. The van der Waals surface area contributed by atoms with E-state index in [1.807, 2.05) is 0 Å². The second kappa shape index (κ2) is 6.38. The van der Waals surface area contributed by atoms with Gasteiger partial charge in [-0.25, -0.2) is 0 Å². The van der Waals surface area contributed by atoms with Crippen LogP contribution in [0.25, 0.3) is 0 Å². The van der Waals surface area contributed by atoms with E-state index in [2.05, 4.69) is 31.0 Å². The highest BCUT2D eigenvalue weighted by molar-refractivity contribution is 4.84. The molecule has 1 unspecified atom stereocenters. The first-order chi connectivity index (χ1) is 8.59. The molecule has 1 saturated carbocycles. The van der Waals surface area contributed by atoms with Crippen molar-refractivity contribution in [2.24, 2.45) is 11.3 Å². The average molecular weight is 252 g/mol. The normalized spacial score (nSPS) is 30.5. The van der Waals surface area contributed by atoms with Crippen LogP contribution in [-0.2, 0) is 0 Å². The fourth-order valence-electron chi connectivity index (χ4n) is 3.71. The largest absolute Gasteiger partial charge is 0.314 e. The summed E-state index contributed by atoms with van der Waals surface area (Å²) in [5.41, 5.74) is 0.571. The van der Waals surface area contributed by atoms with Crippen LogP contribution in [0, 0.1) is 11.3 Å². The molecule has 1 N–H and O–H groups in total. The van der Waals surface area contributed by atoms with Gasteiger partial charge in [-0.05, 0) is 69.6 Å². The third kappa shape index (κ3) is 4.24. The van der Waals surface area contributed by atoms with Crippen LogP contribution in [0.1, 0.15) is 59.3 Å². The Labute approximate surface area is 114 Å². The van der Waals surface area contributed by atoms with Gasteiger partial charge >= 0.3 is 0 Å². The molecule has 1 atom stereocenters. The van der Waals surface area contributed by atoms with E-state index in [9.17, 15) is 0 Å². The monoisotopic (exact) mass is 252 g/mol. The predicted octanol–water partition coefficient (Wildman–Crippen LogP) is 3.28. The van der Waals surface area contributed by atoms with E-state index in [-0.39, 0.29) is 0 Å². The summed E-state index contributed by atoms with van der Waals surface area (Å²) in [6.07, 6.45) is 8.41. The molecule has 0 aromatic rings. The maximum Gasteiger partial charge on any atom is 0.00722 e. The molecule has 2 rings (SSSR count). The summed E-state index contributed by atoms with van der Waals surface area (Å²) in [6.45, 7) is 12.3. The SMILES string of the molecule is CCN1CCC(CNC2CCCC(C)(C)C2)CC1. The lowest BCUT2D eigenvalue weighted by molar-refractivity contribution is 0.167. The van der Waals surface area contributed by atoms with Gasteiger partial charge in [0, 0.05) is 6.04 Å². The lowest BCUT2D eigenvalue weighted by Gasteiger charge is -2.37. The summed E-state index contributed by atoms with van der Waals surface area (Å²) in [7, 11) is 0. The maximum atomic E-state index is 3.86. The highest BCUT2D eigenvalue weighted by atomic mass is 15.1. The highest BCUT2D eigenvalue weighted by Gasteiger charge is 2.28. The molecule has 0 aromatic carbocycles. The minimum Gasteiger partial charge on any atom is -0.314 e. The number of hydrogen-bond donors (Lipinski definition) is 1. The Morgan fingerprint density at radius 1 is 1.17 bits per heavy atom. The summed E-state index contributed by atoms with van der Waals surface area (Å²) in [5, 5.41) is 3.86. The van der Waals surface area contributed by atoms with Gasteiger partial charge in [-0.1, -0.05) is 27.2 Å². The first kappa shape index (κ1) is 14.3. The molecule has 0 bridgehead atoms. The van der Waals surface area contributed by atoms with Crippen LogP contribution >= 0.6 is 0 Å². The molecule has 2 aliphatic rings. The minimum atomic E-state index is 0.571. The Morgan fingerprint density at radius 2 is 1.89 bits per heavy atom. The fourth-order valence-corrected chi connectivity index (χ4v) is 3.71. The second-order valence-corrected chi connectivity index (χ2v) is 7.24. The molecule has 1 heterocycles. The van der Waals surface area contributed by atoms with Gasteiger partial charge < -0.3 is 10.2 Å². The maximum absolute atomic E-state index is 3.86. The number of nitrogens with one attached hydrogen (secondary N) is 1. The molecule has 1 aliphatic carbocycles. The first-order valence-corrected chi connectivity index (χ1v) is 8.05. The van der Waals surface area contributed by atoms with E-state index in [0.717, 1.165) is 12.0 Å². The highest BCUT2D eigenvalue weighted by Crippen LogP contribution is 2.35. The molecule has 106 valence electrons. The van der Waals surface area contributed by atoms with Gasteiger partial charge in [-0.15, -0.1) is 0 Å². The summed E-state index contributed by atoms with van der Waals surface area (Å²) in [6, 6.07) is 0.790. The quantitative estimate of drug-likeness (QED) is 0.826. The standard InChI is InChI=1S/C16H32N2/c1-4-18-10-7-14(8-11-18)13-17-15-6-5-9-16(2,3)12-15/h14-15,17H,4-13H2,1-3H3. The van der Waals surface area contributed by atoms with Gasteiger partial charge in [0.1, 0.15) is 0 Å². The Morgan fingerprint density at radius 3 is 2.50 bits per heavy atom. The molecular weight excluding hydrogens is 220 g/mol. The second-order valence-electron chi connectivity index (χ2n) is 7.24. The molecule has 0 aromatic heterocycles. The van der Waals surface area contributed by atoms with Gasteiger partial charge in [0.2, 0.25) is 0 Å². The average Bonchev–Trinajstić information content (AvgIpc) is 2.36. The van der Waals surface area contributed by atoms with E-state index in [4.69, 9.17) is 0 Å². The van der Waals surface area contributed by atoms with Crippen molar-refractivity contribution in [3.8, 4) is 0 Å². The predicted molar refractivity (Wildman–Crippen MR) is 78.9 cm³/mol. The van der Waals surface area contributed by atoms with Crippen molar-refractivity contribution in [1.82, 2.24) is 10.2 Å². The van der Waals surface area contributed by atoms with Crippen molar-refractivity contribution in [3.63, 3.8) is 0 Å². The molecular formula is C16H32N2. The van der Waals surface area contributed by atoms with Crippen LogP contribution < -0.4 is 5.32 Å². The Hall–Kier alpha value is -0.0800. The van der Waals surface area contributed by atoms with E-state index >= 15 is 0 Å². The van der Waals surface area contributed by atoms with Crippen molar-refractivity contribution in [1.29, 1.82) is 0 Å². The Kier molecular flexibility index (Phi) is 5.08. The Bertz CT molecular complexity index is 241. The number of piperidine rings is 1. The van der Waals surface area contributed by atoms with Crippen LogP contribution in [0.5, 0.6) is 0 Å². The summed E-state index contributed by atoms with van der Waals surface area (Å²) >= 11 is 0. The molecule has 0 radical (unpaired) electrons. The number of nitrogens with zero attached hydrogens (tertiary/aromatic N) is 1. The van der Waals surface area contributed by atoms with Crippen LogP contribution in [0.3, 0.4) is 0 Å². The van der Waals surface area contributed by atoms with Gasteiger partial charge in [-0.3, -0.25) is 0 Å². The smallest absolute Gasteiger partial charge is 0.00722 e.